The Bertz CT molecular complexity index is 633. The summed E-state index contributed by atoms with van der Waals surface area (Å²) in [4.78, 5) is 13.9. The molecule has 0 bridgehead atoms. The maximum absolute atomic E-state index is 12.8. The maximum Gasteiger partial charge on any atom is 0.352 e. The molecule has 1 atom stereocenters. The molecule has 0 amide bonds. The minimum atomic E-state index is -3.64. The second-order valence-corrected chi connectivity index (χ2v) is 7.03. The number of aromatic nitrogens is 1. The molecule has 1 fully saturated rings. The van der Waals surface area contributed by atoms with E-state index in [4.69, 9.17) is 5.11 Å². The van der Waals surface area contributed by atoms with Crippen LogP contribution >= 0.6 is 0 Å². The lowest BCUT2D eigenvalue weighted by Crippen LogP contribution is -2.35. The SMILES string of the molecule is CCC1CCCN1S(=O)(=O)c1c(C)[nH]c(C(=O)O)c1C. The zero-order chi connectivity index (χ0) is 15.1. The van der Waals surface area contributed by atoms with Crippen LogP contribution in [-0.4, -0.2) is 41.4 Å². The summed E-state index contributed by atoms with van der Waals surface area (Å²) in [7, 11) is -3.64. The van der Waals surface area contributed by atoms with Gasteiger partial charge in [0, 0.05) is 23.8 Å². The number of nitrogens with one attached hydrogen (secondary N) is 1. The van der Waals surface area contributed by atoms with Crippen LogP contribution in [0.4, 0.5) is 0 Å². The number of sulfonamides is 1. The van der Waals surface area contributed by atoms with Crippen LogP contribution < -0.4 is 0 Å². The highest BCUT2D eigenvalue weighted by Gasteiger charge is 2.37. The molecule has 0 aliphatic carbocycles. The second-order valence-electron chi connectivity index (χ2n) is 5.20. The number of carbonyl (C=O) groups is 1. The van der Waals surface area contributed by atoms with Gasteiger partial charge in [0.15, 0.2) is 0 Å². The maximum atomic E-state index is 12.8. The normalized spacial score (nSPS) is 20.4. The van der Waals surface area contributed by atoms with Crippen molar-refractivity contribution in [2.75, 3.05) is 6.54 Å². The molecule has 1 saturated heterocycles. The van der Waals surface area contributed by atoms with E-state index in [2.05, 4.69) is 4.98 Å². The lowest BCUT2D eigenvalue weighted by atomic mass is 10.2. The van der Waals surface area contributed by atoms with Gasteiger partial charge in [-0.25, -0.2) is 13.2 Å². The van der Waals surface area contributed by atoms with E-state index >= 15 is 0 Å². The summed E-state index contributed by atoms with van der Waals surface area (Å²) in [6.45, 7) is 5.62. The zero-order valence-electron chi connectivity index (χ0n) is 11.9. The number of nitrogens with zero attached hydrogens (tertiary/aromatic N) is 1. The summed E-state index contributed by atoms with van der Waals surface area (Å²) < 4.78 is 27.1. The quantitative estimate of drug-likeness (QED) is 0.888. The van der Waals surface area contributed by atoms with E-state index in [0.717, 1.165) is 19.3 Å². The summed E-state index contributed by atoms with van der Waals surface area (Å²) in [5.74, 6) is -1.14. The monoisotopic (exact) mass is 300 g/mol. The van der Waals surface area contributed by atoms with Gasteiger partial charge >= 0.3 is 5.97 Å². The molecule has 6 nitrogen and oxygen atoms in total. The number of H-pyrrole nitrogens is 1. The average Bonchev–Trinajstić information content (AvgIpc) is 2.93. The van der Waals surface area contributed by atoms with Gasteiger partial charge in [0.1, 0.15) is 10.6 Å². The highest BCUT2D eigenvalue weighted by molar-refractivity contribution is 7.89. The minimum Gasteiger partial charge on any atom is -0.477 e. The predicted octanol–water partition coefficient (Wildman–Crippen LogP) is 1.89. The molecule has 2 rings (SSSR count). The largest absolute Gasteiger partial charge is 0.477 e. The molecular weight excluding hydrogens is 280 g/mol. The van der Waals surface area contributed by atoms with E-state index in [0.29, 0.717) is 12.2 Å². The van der Waals surface area contributed by atoms with E-state index in [-0.39, 0.29) is 22.2 Å². The van der Waals surface area contributed by atoms with Gasteiger partial charge in [-0.15, -0.1) is 0 Å². The van der Waals surface area contributed by atoms with E-state index < -0.39 is 16.0 Å². The van der Waals surface area contributed by atoms with Gasteiger partial charge in [-0.05, 0) is 33.1 Å². The molecule has 1 aromatic heterocycles. The fourth-order valence-electron chi connectivity index (χ4n) is 2.98. The highest BCUT2D eigenvalue weighted by atomic mass is 32.2. The Labute approximate surface area is 118 Å². The van der Waals surface area contributed by atoms with Gasteiger partial charge in [0.25, 0.3) is 0 Å². The van der Waals surface area contributed by atoms with E-state index in [9.17, 15) is 13.2 Å². The van der Waals surface area contributed by atoms with E-state index in [1.807, 2.05) is 6.92 Å². The first-order chi connectivity index (χ1) is 9.30. The Hall–Kier alpha value is -1.34. The summed E-state index contributed by atoms with van der Waals surface area (Å²) in [5, 5.41) is 9.09. The minimum absolute atomic E-state index is 0.0157. The topological polar surface area (TPSA) is 90.5 Å². The summed E-state index contributed by atoms with van der Waals surface area (Å²) in [6.07, 6.45) is 2.49. The van der Waals surface area contributed by atoms with Gasteiger partial charge in [0.2, 0.25) is 10.0 Å². The molecule has 2 heterocycles. The lowest BCUT2D eigenvalue weighted by Gasteiger charge is -2.23. The molecule has 7 heteroatoms. The molecule has 2 N–H and O–H groups in total. The van der Waals surface area contributed by atoms with Crippen LogP contribution in [0.1, 0.15) is 47.9 Å². The molecule has 0 saturated carbocycles. The fourth-order valence-corrected chi connectivity index (χ4v) is 5.16. The van der Waals surface area contributed by atoms with Gasteiger partial charge in [-0.1, -0.05) is 6.92 Å². The number of aromatic amines is 1. The lowest BCUT2D eigenvalue weighted by molar-refractivity contribution is 0.0690. The first kappa shape index (κ1) is 15.1. The number of carboxylic acids is 1. The van der Waals surface area contributed by atoms with Crippen LogP contribution in [-0.2, 0) is 10.0 Å². The van der Waals surface area contributed by atoms with E-state index in [1.54, 1.807) is 6.92 Å². The summed E-state index contributed by atoms with van der Waals surface area (Å²) in [5.41, 5.74) is 0.631. The Morgan fingerprint density at radius 3 is 2.60 bits per heavy atom. The Morgan fingerprint density at radius 2 is 2.10 bits per heavy atom. The van der Waals surface area contributed by atoms with Crippen LogP contribution in [0.15, 0.2) is 4.90 Å². The van der Waals surface area contributed by atoms with Crippen molar-refractivity contribution >= 4 is 16.0 Å². The summed E-state index contributed by atoms with van der Waals surface area (Å²) >= 11 is 0. The van der Waals surface area contributed by atoms with Gasteiger partial charge in [-0.2, -0.15) is 4.31 Å². The van der Waals surface area contributed by atoms with Gasteiger partial charge in [-0.3, -0.25) is 0 Å². The third-order valence-electron chi connectivity index (χ3n) is 3.94. The van der Waals surface area contributed by atoms with Crippen molar-refractivity contribution < 1.29 is 18.3 Å². The van der Waals surface area contributed by atoms with Crippen molar-refractivity contribution in [1.82, 2.24) is 9.29 Å². The third-order valence-corrected chi connectivity index (χ3v) is 6.17. The average molecular weight is 300 g/mol. The fraction of sp³-hybridized carbons (Fsp3) is 0.615. The highest BCUT2D eigenvalue weighted by Crippen LogP contribution is 2.32. The molecule has 0 aromatic carbocycles. The molecule has 1 aliphatic rings. The first-order valence-corrected chi connectivity index (χ1v) is 8.19. The Morgan fingerprint density at radius 1 is 1.45 bits per heavy atom. The standard InChI is InChI=1S/C13H20N2O4S/c1-4-10-6-5-7-15(10)20(18,19)12-8(2)11(13(16)17)14-9(12)3/h10,14H,4-7H2,1-3H3,(H,16,17). The molecule has 1 aromatic rings. The van der Waals surface area contributed by atoms with Gasteiger partial charge in [0.05, 0.1) is 0 Å². The molecule has 0 spiro atoms. The Kier molecular flexibility index (Phi) is 3.93. The number of aromatic carboxylic acids is 1. The number of rotatable bonds is 4. The zero-order valence-corrected chi connectivity index (χ0v) is 12.7. The van der Waals surface area contributed by atoms with Crippen molar-refractivity contribution in [3.05, 3.63) is 17.0 Å². The number of hydrogen-bond donors (Lipinski definition) is 2. The molecule has 112 valence electrons. The molecule has 0 radical (unpaired) electrons. The van der Waals surface area contributed by atoms with Crippen LogP contribution in [0.3, 0.4) is 0 Å². The molecule has 20 heavy (non-hydrogen) atoms. The van der Waals surface area contributed by atoms with Crippen LogP contribution in [0.2, 0.25) is 0 Å². The van der Waals surface area contributed by atoms with Crippen molar-refractivity contribution in [3.63, 3.8) is 0 Å². The number of hydrogen-bond acceptors (Lipinski definition) is 3. The Balaban J connectivity index is 2.53. The van der Waals surface area contributed by atoms with E-state index in [1.165, 1.54) is 11.2 Å². The first-order valence-electron chi connectivity index (χ1n) is 6.75. The second kappa shape index (κ2) is 5.21. The molecule has 1 unspecified atom stereocenters. The van der Waals surface area contributed by atoms with Crippen molar-refractivity contribution in [1.29, 1.82) is 0 Å². The number of carboxylic acid groups (broad SMARTS) is 1. The van der Waals surface area contributed by atoms with Crippen molar-refractivity contribution in [3.8, 4) is 0 Å². The predicted molar refractivity (Wildman–Crippen MR) is 74.4 cm³/mol. The van der Waals surface area contributed by atoms with Crippen LogP contribution in [0.5, 0.6) is 0 Å². The van der Waals surface area contributed by atoms with Gasteiger partial charge < -0.3 is 10.1 Å². The molecule has 1 aliphatic heterocycles. The van der Waals surface area contributed by atoms with Crippen LogP contribution in [0.25, 0.3) is 0 Å². The third kappa shape index (κ3) is 2.25. The van der Waals surface area contributed by atoms with Crippen molar-refractivity contribution in [2.45, 2.75) is 51.0 Å². The molecular formula is C13H20N2O4S. The number of aryl methyl sites for hydroxylation is 1. The summed E-state index contributed by atoms with van der Waals surface area (Å²) in [6, 6.07) is 0.0157. The van der Waals surface area contributed by atoms with Crippen molar-refractivity contribution in [2.24, 2.45) is 0 Å². The van der Waals surface area contributed by atoms with Crippen LogP contribution in [0, 0.1) is 13.8 Å². The smallest absolute Gasteiger partial charge is 0.352 e.